The standard InChI is InChI=1S/C32H28FN3O4/c1-19(2)36-17-25(22-7-9-23(33)10-8-22)32(38)26(18-36)28(37)15-21-5-11-24(12-6-21)40-29-13-14-34-27-16-30(39-4)20(3)35-31(27)29/h5-14,16-19H,15H2,1-4H3. The van der Waals surface area contributed by atoms with Crippen molar-refractivity contribution in [2.75, 3.05) is 7.11 Å². The average molecular weight is 538 g/mol. The summed E-state index contributed by atoms with van der Waals surface area (Å²) in [4.78, 5) is 35.6. The summed E-state index contributed by atoms with van der Waals surface area (Å²) < 4.78 is 26.7. The van der Waals surface area contributed by atoms with Crippen molar-refractivity contribution in [2.45, 2.75) is 33.2 Å². The first-order chi connectivity index (χ1) is 19.2. The smallest absolute Gasteiger partial charge is 0.200 e. The van der Waals surface area contributed by atoms with E-state index in [2.05, 4.69) is 9.97 Å². The molecule has 0 bridgehead atoms. The van der Waals surface area contributed by atoms with Gasteiger partial charge in [-0.15, -0.1) is 0 Å². The van der Waals surface area contributed by atoms with Crippen molar-refractivity contribution in [3.63, 3.8) is 0 Å². The molecule has 202 valence electrons. The van der Waals surface area contributed by atoms with Crippen LogP contribution in [0.5, 0.6) is 17.2 Å². The Morgan fingerprint density at radius 2 is 1.73 bits per heavy atom. The molecular weight excluding hydrogens is 509 g/mol. The highest BCUT2D eigenvalue weighted by molar-refractivity contribution is 5.98. The van der Waals surface area contributed by atoms with Crippen LogP contribution < -0.4 is 14.9 Å². The van der Waals surface area contributed by atoms with Gasteiger partial charge < -0.3 is 14.0 Å². The predicted molar refractivity (Wildman–Crippen MR) is 152 cm³/mol. The summed E-state index contributed by atoms with van der Waals surface area (Å²) in [6.45, 7) is 5.78. The Morgan fingerprint density at radius 1 is 1.00 bits per heavy atom. The van der Waals surface area contributed by atoms with Crippen LogP contribution in [0.2, 0.25) is 0 Å². The highest BCUT2D eigenvalue weighted by Crippen LogP contribution is 2.31. The molecular formula is C32H28FN3O4. The van der Waals surface area contributed by atoms with Gasteiger partial charge in [0.25, 0.3) is 0 Å². The molecule has 0 N–H and O–H groups in total. The van der Waals surface area contributed by atoms with Crippen LogP contribution in [0.4, 0.5) is 4.39 Å². The second-order valence-electron chi connectivity index (χ2n) is 9.76. The Kier molecular flexibility index (Phi) is 7.42. The molecule has 0 fully saturated rings. The van der Waals surface area contributed by atoms with E-state index in [9.17, 15) is 14.0 Å². The number of carbonyl (C=O) groups excluding carboxylic acids is 1. The van der Waals surface area contributed by atoms with Gasteiger partial charge in [0.1, 0.15) is 22.8 Å². The Bertz CT molecular complexity index is 1760. The van der Waals surface area contributed by atoms with Gasteiger partial charge in [0.2, 0.25) is 0 Å². The van der Waals surface area contributed by atoms with Crippen LogP contribution in [0.15, 0.2) is 84.0 Å². The second-order valence-corrected chi connectivity index (χ2v) is 9.76. The van der Waals surface area contributed by atoms with Gasteiger partial charge in [-0.25, -0.2) is 9.37 Å². The lowest BCUT2D eigenvalue weighted by Gasteiger charge is -2.15. The first kappa shape index (κ1) is 26.7. The van der Waals surface area contributed by atoms with Gasteiger partial charge in [-0.3, -0.25) is 14.6 Å². The molecule has 8 heteroatoms. The van der Waals surface area contributed by atoms with E-state index < -0.39 is 5.82 Å². The van der Waals surface area contributed by atoms with Gasteiger partial charge in [0.05, 0.1) is 23.9 Å². The zero-order valence-electron chi connectivity index (χ0n) is 22.6. The van der Waals surface area contributed by atoms with E-state index in [1.165, 1.54) is 12.1 Å². The molecule has 0 saturated heterocycles. The van der Waals surface area contributed by atoms with Gasteiger partial charge in [0.15, 0.2) is 17.0 Å². The van der Waals surface area contributed by atoms with Crippen LogP contribution in [0, 0.1) is 12.7 Å². The minimum atomic E-state index is -0.392. The first-order valence-electron chi connectivity index (χ1n) is 12.9. The number of benzene rings is 2. The monoisotopic (exact) mass is 537 g/mol. The lowest BCUT2D eigenvalue weighted by Crippen LogP contribution is -2.22. The number of fused-ring (bicyclic) bond motifs is 1. The molecule has 40 heavy (non-hydrogen) atoms. The number of aryl methyl sites for hydroxylation is 1. The van der Waals surface area contributed by atoms with E-state index >= 15 is 0 Å². The van der Waals surface area contributed by atoms with Crippen molar-refractivity contribution >= 4 is 16.8 Å². The summed E-state index contributed by atoms with van der Waals surface area (Å²) >= 11 is 0. The first-order valence-corrected chi connectivity index (χ1v) is 12.9. The molecule has 0 aliphatic carbocycles. The molecule has 0 amide bonds. The maximum atomic E-state index is 13.5. The predicted octanol–water partition coefficient (Wildman–Crippen LogP) is 6.71. The molecule has 0 aliphatic heterocycles. The minimum Gasteiger partial charge on any atom is -0.495 e. The summed E-state index contributed by atoms with van der Waals surface area (Å²) in [7, 11) is 1.59. The van der Waals surface area contributed by atoms with Crippen LogP contribution in [0.3, 0.4) is 0 Å². The average Bonchev–Trinajstić information content (AvgIpc) is 2.94. The van der Waals surface area contributed by atoms with Crippen molar-refractivity contribution in [1.29, 1.82) is 0 Å². The van der Waals surface area contributed by atoms with Gasteiger partial charge in [0, 0.05) is 48.7 Å². The third-order valence-electron chi connectivity index (χ3n) is 6.65. The number of carbonyl (C=O) groups is 1. The Balaban J connectivity index is 1.39. The number of ketones is 1. The van der Waals surface area contributed by atoms with Gasteiger partial charge in [-0.05, 0) is 56.2 Å². The normalized spacial score (nSPS) is 11.2. The SMILES string of the molecule is COc1cc2nccc(Oc3ccc(CC(=O)c4cn(C(C)C)cc(-c5ccc(F)cc5)c4=O)cc3)c2nc1C. The maximum absolute atomic E-state index is 13.5. The number of hydrogen-bond donors (Lipinski definition) is 0. The molecule has 0 atom stereocenters. The van der Waals surface area contributed by atoms with Crippen LogP contribution in [-0.4, -0.2) is 27.4 Å². The van der Waals surface area contributed by atoms with Crippen LogP contribution in [-0.2, 0) is 6.42 Å². The topological polar surface area (TPSA) is 83.3 Å². The van der Waals surface area contributed by atoms with Gasteiger partial charge in [-0.2, -0.15) is 0 Å². The van der Waals surface area contributed by atoms with E-state index in [1.807, 2.05) is 31.4 Å². The molecule has 0 unspecified atom stereocenters. The minimum absolute atomic E-state index is 0.0198. The van der Waals surface area contributed by atoms with Crippen LogP contribution >= 0.6 is 0 Å². The summed E-state index contributed by atoms with van der Waals surface area (Å²) in [6, 6.07) is 16.4. The fraction of sp³-hybridized carbons (Fsp3) is 0.188. The lowest BCUT2D eigenvalue weighted by atomic mass is 9.99. The molecule has 5 rings (SSSR count). The molecule has 5 aromatic rings. The van der Waals surface area contributed by atoms with E-state index in [0.29, 0.717) is 39.4 Å². The quantitative estimate of drug-likeness (QED) is 0.205. The van der Waals surface area contributed by atoms with Crippen LogP contribution in [0.25, 0.3) is 22.2 Å². The van der Waals surface area contributed by atoms with E-state index in [1.54, 1.807) is 68.2 Å². The number of nitrogens with zero attached hydrogens (tertiary/aromatic N) is 3. The Morgan fingerprint density at radius 3 is 2.40 bits per heavy atom. The van der Waals surface area contributed by atoms with Crippen molar-refractivity contribution in [2.24, 2.45) is 0 Å². The molecule has 7 nitrogen and oxygen atoms in total. The summed E-state index contributed by atoms with van der Waals surface area (Å²) in [6.07, 6.45) is 4.99. The third kappa shape index (κ3) is 5.47. The molecule has 2 aromatic carbocycles. The van der Waals surface area contributed by atoms with Crippen molar-refractivity contribution in [3.05, 3.63) is 112 Å². The summed E-state index contributed by atoms with van der Waals surface area (Å²) in [5.41, 5.74) is 3.35. The molecule has 0 aliphatic rings. The van der Waals surface area contributed by atoms with Crippen molar-refractivity contribution in [3.8, 4) is 28.4 Å². The summed E-state index contributed by atoms with van der Waals surface area (Å²) in [5.74, 6) is 1.07. The lowest BCUT2D eigenvalue weighted by molar-refractivity contribution is 0.0991. The highest BCUT2D eigenvalue weighted by Gasteiger charge is 2.18. The molecule has 3 aromatic heterocycles. The number of hydrogen-bond acceptors (Lipinski definition) is 6. The number of Topliss-reactive ketones (excluding diaryl/α,β-unsaturated/α-hetero) is 1. The Hall–Kier alpha value is -4.85. The number of rotatable bonds is 8. The van der Waals surface area contributed by atoms with E-state index in [4.69, 9.17) is 9.47 Å². The number of methoxy groups -OCH3 is 1. The molecule has 0 saturated carbocycles. The fourth-order valence-corrected chi connectivity index (χ4v) is 4.42. The highest BCUT2D eigenvalue weighted by atomic mass is 19.1. The van der Waals surface area contributed by atoms with E-state index in [0.717, 1.165) is 11.3 Å². The number of halogens is 1. The fourth-order valence-electron chi connectivity index (χ4n) is 4.42. The van der Waals surface area contributed by atoms with Gasteiger partial charge >= 0.3 is 0 Å². The molecule has 3 heterocycles. The zero-order valence-corrected chi connectivity index (χ0v) is 22.6. The van der Waals surface area contributed by atoms with Crippen molar-refractivity contribution < 1.29 is 18.7 Å². The summed E-state index contributed by atoms with van der Waals surface area (Å²) in [5, 5.41) is 0. The zero-order chi connectivity index (χ0) is 28.4. The second kappa shape index (κ2) is 11.1. The number of aromatic nitrogens is 3. The number of pyridine rings is 3. The Labute approximate surface area is 230 Å². The maximum Gasteiger partial charge on any atom is 0.200 e. The number of ether oxygens (including phenoxy) is 2. The largest absolute Gasteiger partial charge is 0.495 e. The molecule has 0 spiro atoms. The molecule has 0 radical (unpaired) electrons. The van der Waals surface area contributed by atoms with Crippen molar-refractivity contribution in [1.82, 2.24) is 14.5 Å². The van der Waals surface area contributed by atoms with E-state index in [-0.39, 0.29) is 29.2 Å². The third-order valence-corrected chi connectivity index (χ3v) is 6.65. The van der Waals surface area contributed by atoms with Crippen LogP contribution in [0.1, 0.15) is 41.5 Å². The van der Waals surface area contributed by atoms with Gasteiger partial charge in [-0.1, -0.05) is 24.3 Å².